The first-order valence-electron chi connectivity index (χ1n) is 6.40. The number of carboxylic acid groups (broad SMARTS) is 2. The Bertz CT molecular complexity index is 964. The van der Waals surface area contributed by atoms with Gasteiger partial charge >= 0.3 is 103 Å². The van der Waals surface area contributed by atoms with Crippen molar-refractivity contribution in [2.75, 3.05) is 0 Å². The molecular weight excluding hydrogens is 470 g/mol. The summed E-state index contributed by atoms with van der Waals surface area (Å²) < 4.78 is 59.3. The first kappa shape index (κ1) is 30.7. The second kappa shape index (κ2) is 13.0. The van der Waals surface area contributed by atoms with Crippen LogP contribution in [0.4, 0.5) is 0 Å². The fourth-order valence-electron chi connectivity index (χ4n) is 1.57. The maximum absolute atomic E-state index is 10.5. The number of carbonyl (C=O) groups excluding carboxylic acids is 2. The summed E-state index contributed by atoms with van der Waals surface area (Å²) in [6.07, 6.45) is 0. The van der Waals surface area contributed by atoms with E-state index in [0.717, 1.165) is 24.3 Å². The number of rotatable bonds is 4. The van der Waals surface area contributed by atoms with Crippen molar-refractivity contribution in [1.82, 2.24) is 0 Å². The van der Waals surface area contributed by atoms with E-state index in [9.17, 15) is 36.6 Å². The minimum absolute atomic E-state index is 0. The van der Waals surface area contributed by atoms with E-state index < -0.39 is 42.0 Å². The molecule has 0 fully saturated rings. The average Bonchev–Trinajstić information content (AvgIpc) is 2.54. The van der Waals surface area contributed by atoms with E-state index in [0.29, 0.717) is 0 Å². The van der Waals surface area contributed by atoms with E-state index in [2.05, 4.69) is 0 Å². The van der Waals surface area contributed by atoms with Gasteiger partial charge in [-0.05, 0) is 35.4 Å². The van der Waals surface area contributed by atoms with Crippen LogP contribution in [-0.4, -0.2) is 37.9 Å². The predicted molar refractivity (Wildman–Crippen MR) is 81.2 cm³/mol. The Balaban J connectivity index is 0. The number of hydrogen-bond donors (Lipinski definition) is 2. The molecule has 0 atom stereocenters. The molecule has 0 heterocycles. The van der Waals surface area contributed by atoms with E-state index in [4.69, 9.17) is 9.11 Å². The number of carboxylic acids is 2. The smallest absolute Gasteiger partial charge is 0.545 e. The maximum atomic E-state index is 10.5. The van der Waals surface area contributed by atoms with Gasteiger partial charge in [0.25, 0.3) is 20.2 Å². The van der Waals surface area contributed by atoms with Crippen LogP contribution in [0.3, 0.4) is 0 Å². The van der Waals surface area contributed by atoms with Gasteiger partial charge in [0.1, 0.15) is 0 Å². The summed E-state index contributed by atoms with van der Waals surface area (Å²) in [6.45, 7) is 0. The normalized spacial score (nSPS) is 10.4. The minimum Gasteiger partial charge on any atom is -0.545 e. The Morgan fingerprint density at radius 2 is 0.964 bits per heavy atom. The third kappa shape index (κ3) is 10.5. The molecule has 0 spiro atoms. The molecule has 0 radical (unpaired) electrons. The molecule has 2 aromatic carbocycles. The fourth-order valence-corrected chi connectivity index (χ4v) is 2.62. The van der Waals surface area contributed by atoms with Crippen LogP contribution in [-0.2, 0) is 20.2 Å². The Morgan fingerprint density at radius 1 is 0.679 bits per heavy atom. The molecular formula is C14H10K2O10S2. The van der Waals surface area contributed by atoms with E-state index in [1.165, 1.54) is 24.3 Å². The van der Waals surface area contributed by atoms with Crippen molar-refractivity contribution < 1.29 is 149 Å². The van der Waals surface area contributed by atoms with Gasteiger partial charge < -0.3 is 19.8 Å². The van der Waals surface area contributed by atoms with Gasteiger partial charge in [-0.3, -0.25) is 9.11 Å². The number of aromatic carboxylic acids is 2. The molecule has 0 unspecified atom stereocenters. The summed E-state index contributed by atoms with van der Waals surface area (Å²) in [5.74, 6) is -2.99. The summed E-state index contributed by atoms with van der Waals surface area (Å²) in [7, 11) is -8.70. The third-order valence-electron chi connectivity index (χ3n) is 2.74. The van der Waals surface area contributed by atoms with Crippen molar-refractivity contribution in [2.24, 2.45) is 0 Å². The molecule has 0 bridgehead atoms. The summed E-state index contributed by atoms with van der Waals surface area (Å²) in [5.41, 5.74) is -0.592. The van der Waals surface area contributed by atoms with Crippen molar-refractivity contribution in [3.8, 4) is 0 Å². The second-order valence-electron chi connectivity index (χ2n) is 4.58. The van der Waals surface area contributed by atoms with Gasteiger partial charge in [0.05, 0.1) is 21.7 Å². The molecule has 0 saturated carbocycles. The Hall–Kier alpha value is 0.473. The molecule has 0 aliphatic heterocycles. The third-order valence-corrected chi connectivity index (χ3v) is 4.43. The molecule has 2 aromatic rings. The van der Waals surface area contributed by atoms with Gasteiger partial charge in [0, 0.05) is 0 Å². The first-order chi connectivity index (χ1) is 11.8. The van der Waals surface area contributed by atoms with Crippen molar-refractivity contribution in [3.05, 3.63) is 59.7 Å². The SMILES string of the molecule is O=C([O-])c1cccc(S(=O)(=O)O)c1.O=C([O-])c1cccc(S(=O)(=O)O)c1.[K+].[K+]. The second-order valence-corrected chi connectivity index (χ2v) is 7.42. The van der Waals surface area contributed by atoms with Gasteiger partial charge in [0.15, 0.2) is 0 Å². The summed E-state index contributed by atoms with van der Waals surface area (Å²) in [4.78, 5) is 19.7. The molecule has 10 nitrogen and oxygen atoms in total. The van der Waals surface area contributed by atoms with Gasteiger partial charge in [-0.1, -0.05) is 24.3 Å². The Morgan fingerprint density at radius 3 is 1.18 bits per heavy atom. The van der Waals surface area contributed by atoms with Gasteiger partial charge in [-0.15, -0.1) is 0 Å². The quantitative estimate of drug-likeness (QED) is 0.314. The monoisotopic (exact) mass is 480 g/mol. The minimum atomic E-state index is -4.35. The number of benzene rings is 2. The molecule has 0 aliphatic carbocycles. The van der Waals surface area contributed by atoms with Crippen molar-refractivity contribution >= 4 is 32.2 Å². The zero-order valence-electron chi connectivity index (χ0n) is 14.6. The van der Waals surface area contributed by atoms with Crippen molar-refractivity contribution in [3.63, 3.8) is 0 Å². The van der Waals surface area contributed by atoms with Crippen LogP contribution < -0.4 is 113 Å². The van der Waals surface area contributed by atoms with Crippen LogP contribution in [0.1, 0.15) is 20.7 Å². The van der Waals surface area contributed by atoms with Crippen LogP contribution in [0.2, 0.25) is 0 Å². The van der Waals surface area contributed by atoms with Crippen LogP contribution in [0, 0.1) is 0 Å². The van der Waals surface area contributed by atoms with Crippen LogP contribution in [0.25, 0.3) is 0 Å². The average molecular weight is 481 g/mol. The van der Waals surface area contributed by atoms with E-state index in [1.807, 2.05) is 0 Å². The Kier molecular flexibility index (Phi) is 14.2. The summed E-state index contributed by atoms with van der Waals surface area (Å²) >= 11 is 0. The van der Waals surface area contributed by atoms with Gasteiger partial charge in [0.2, 0.25) is 0 Å². The van der Waals surface area contributed by atoms with Gasteiger partial charge in [-0.2, -0.15) is 16.8 Å². The topological polar surface area (TPSA) is 189 Å². The van der Waals surface area contributed by atoms with Crippen molar-refractivity contribution in [1.29, 1.82) is 0 Å². The first-order valence-corrected chi connectivity index (χ1v) is 9.28. The van der Waals surface area contributed by atoms with Gasteiger partial charge in [-0.25, -0.2) is 0 Å². The number of hydrogen-bond acceptors (Lipinski definition) is 8. The summed E-state index contributed by atoms with van der Waals surface area (Å²) in [6, 6.07) is 8.56. The zero-order valence-corrected chi connectivity index (χ0v) is 22.5. The maximum Gasteiger partial charge on any atom is 1.00 e. The molecule has 0 amide bonds. The molecule has 140 valence electrons. The molecule has 2 rings (SSSR count). The van der Waals surface area contributed by atoms with Crippen LogP contribution >= 0.6 is 0 Å². The molecule has 14 heteroatoms. The molecule has 28 heavy (non-hydrogen) atoms. The van der Waals surface area contributed by atoms with E-state index in [1.54, 1.807) is 0 Å². The Labute approximate surface area is 245 Å². The van der Waals surface area contributed by atoms with Crippen molar-refractivity contribution in [2.45, 2.75) is 9.79 Å². The standard InChI is InChI=1S/2C7H6O5S.2K/c2*8-7(9)5-2-1-3-6(4-5)13(10,11)12;;/h2*1-4H,(H,8,9)(H,10,11,12);;/q;;2*+1/p-2. The largest absolute Gasteiger partial charge is 1.00 e. The van der Waals surface area contributed by atoms with E-state index in [-0.39, 0.29) is 114 Å². The fraction of sp³-hybridized carbons (Fsp3) is 0. The molecule has 2 N–H and O–H groups in total. The molecule has 0 saturated heterocycles. The van der Waals surface area contributed by atoms with E-state index >= 15 is 0 Å². The summed E-state index contributed by atoms with van der Waals surface area (Å²) in [5, 5.41) is 20.6. The number of carbonyl (C=O) groups is 2. The van der Waals surface area contributed by atoms with Crippen LogP contribution in [0.15, 0.2) is 58.3 Å². The van der Waals surface area contributed by atoms with Crippen LogP contribution in [0.5, 0.6) is 0 Å². The zero-order chi connectivity index (χ0) is 20.1. The molecule has 0 aliphatic rings. The molecule has 0 aromatic heterocycles. The predicted octanol–water partition coefficient (Wildman–Crippen LogP) is -7.40.